The topological polar surface area (TPSA) is 141 Å². The molecule has 1 aromatic carbocycles. The van der Waals surface area contributed by atoms with Crippen LogP contribution in [0.2, 0.25) is 0 Å². The molecule has 2 rings (SSSR count). The Bertz CT molecular complexity index is 1030. The first-order chi connectivity index (χ1) is 15.1. The molecule has 0 aliphatic carbocycles. The van der Waals surface area contributed by atoms with E-state index in [1.165, 1.54) is 20.8 Å². The van der Waals surface area contributed by atoms with Gasteiger partial charge < -0.3 is 19.2 Å². The normalized spacial score (nSPS) is 11.2. The lowest BCUT2D eigenvalue weighted by Gasteiger charge is -2.13. The van der Waals surface area contributed by atoms with Crippen LogP contribution >= 0.6 is 0 Å². The molecule has 32 heavy (non-hydrogen) atoms. The zero-order chi connectivity index (χ0) is 23.8. The summed E-state index contributed by atoms with van der Waals surface area (Å²) in [5.41, 5.74) is 0.152. The average molecular weight is 444 g/mol. The van der Waals surface area contributed by atoms with Crippen LogP contribution in [-0.2, 0) is 19.1 Å². The van der Waals surface area contributed by atoms with Crippen LogP contribution in [0.4, 0.5) is 5.88 Å². The maximum absolute atomic E-state index is 12.2. The van der Waals surface area contributed by atoms with Crippen molar-refractivity contribution in [3.63, 3.8) is 0 Å². The summed E-state index contributed by atoms with van der Waals surface area (Å²) < 4.78 is 15.2. The quantitative estimate of drug-likeness (QED) is 0.443. The van der Waals surface area contributed by atoms with Gasteiger partial charge in [-0.25, -0.2) is 9.59 Å². The van der Waals surface area contributed by atoms with Crippen molar-refractivity contribution in [2.45, 2.75) is 33.7 Å². The summed E-state index contributed by atoms with van der Waals surface area (Å²) >= 11 is 0. The van der Waals surface area contributed by atoms with Gasteiger partial charge in [0.15, 0.2) is 12.4 Å². The van der Waals surface area contributed by atoms with Crippen LogP contribution in [0.15, 0.2) is 34.7 Å². The molecule has 0 fully saturated rings. The van der Waals surface area contributed by atoms with Gasteiger partial charge >= 0.3 is 11.9 Å². The molecule has 2 amide bonds. The Morgan fingerprint density at radius 3 is 2.28 bits per heavy atom. The number of hydrogen-bond donors (Lipinski definition) is 2. The minimum absolute atomic E-state index is 0.00649. The first kappa shape index (κ1) is 24.3. The summed E-state index contributed by atoms with van der Waals surface area (Å²) in [7, 11) is 0. The molecule has 0 radical (unpaired) electrons. The summed E-state index contributed by atoms with van der Waals surface area (Å²) in [5.74, 6) is -3.54. The number of amides is 2. The van der Waals surface area contributed by atoms with Crippen molar-refractivity contribution in [2.75, 3.05) is 18.5 Å². The second-order valence-electron chi connectivity index (χ2n) is 6.73. The van der Waals surface area contributed by atoms with Gasteiger partial charge in [0, 0.05) is 5.56 Å². The number of esters is 2. The molecule has 1 aromatic heterocycles. The first-order valence-corrected chi connectivity index (χ1v) is 9.79. The monoisotopic (exact) mass is 444 g/mol. The standard InChI is InChI=1S/C22H24N2O8/c1-5-30-22(29)18-17(13(3)25)14(4)32-20(18)24-16(26)11-31-21(28)12(2)23-19(27)15-9-7-6-8-10-15/h6-10,12H,5,11H2,1-4H3,(H,23,27)(H,24,26)/t12-/m0/s1. The van der Waals surface area contributed by atoms with Crippen molar-refractivity contribution in [2.24, 2.45) is 0 Å². The predicted octanol–water partition coefficient (Wildman–Crippen LogP) is 2.27. The molecule has 2 aromatic rings. The molecule has 0 bridgehead atoms. The van der Waals surface area contributed by atoms with E-state index < -0.39 is 42.2 Å². The molecule has 0 saturated heterocycles. The number of carbonyl (C=O) groups is 5. The second-order valence-corrected chi connectivity index (χ2v) is 6.73. The maximum atomic E-state index is 12.2. The van der Waals surface area contributed by atoms with E-state index >= 15 is 0 Å². The highest BCUT2D eigenvalue weighted by Crippen LogP contribution is 2.28. The largest absolute Gasteiger partial charge is 0.462 e. The van der Waals surface area contributed by atoms with Crippen molar-refractivity contribution in [1.29, 1.82) is 0 Å². The number of benzene rings is 1. The molecule has 0 saturated carbocycles. The summed E-state index contributed by atoms with van der Waals surface area (Å²) in [6, 6.07) is 7.27. The third-order valence-corrected chi connectivity index (χ3v) is 4.25. The molecule has 0 spiro atoms. The highest BCUT2D eigenvalue weighted by molar-refractivity contribution is 6.10. The molecule has 1 heterocycles. The SMILES string of the molecule is CCOC(=O)c1c(NC(=O)COC(=O)[C@H](C)NC(=O)c2ccccc2)oc(C)c1C(C)=O. The number of anilines is 1. The fourth-order valence-corrected chi connectivity index (χ4v) is 2.81. The number of Topliss-reactive ketones (excluding diaryl/α,β-unsaturated/α-hetero) is 1. The van der Waals surface area contributed by atoms with E-state index in [2.05, 4.69) is 10.6 Å². The van der Waals surface area contributed by atoms with E-state index in [1.54, 1.807) is 37.3 Å². The fourth-order valence-electron chi connectivity index (χ4n) is 2.81. The number of hydrogen-bond acceptors (Lipinski definition) is 8. The van der Waals surface area contributed by atoms with E-state index in [-0.39, 0.29) is 29.4 Å². The van der Waals surface area contributed by atoms with E-state index in [0.717, 1.165) is 0 Å². The van der Waals surface area contributed by atoms with Crippen molar-refractivity contribution >= 4 is 35.4 Å². The molecule has 10 nitrogen and oxygen atoms in total. The number of ketones is 1. The molecule has 170 valence electrons. The van der Waals surface area contributed by atoms with Crippen LogP contribution in [0, 0.1) is 6.92 Å². The third-order valence-electron chi connectivity index (χ3n) is 4.25. The van der Waals surface area contributed by atoms with Crippen LogP contribution in [0.1, 0.15) is 57.6 Å². The second kappa shape index (κ2) is 10.9. The molecule has 1 atom stereocenters. The minimum atomic E-state index is -1.01. The zero-order valence-corrected chi connectivity index (χ0v) is 18.1. The Morgan fingerprint density at radius 1 is 1.03 bits per heavy atom. The van der Waals surface area contributed by atoms with E-state index in [4.69, 9.17) is 13.9 Å². The lowest BCUT2D eigenvalue weighted by atomic mass is 10.1. The van der Waals surface area contributed by atoms with Crippen molar-refractivity contribution in [3.05, 3.63) is 52.8 Å². The highest BCUT2D eigenvalue weighted by Gasteiger charge is 2.29. The van der Waals surface area contributed by atoms with Crippen molar-refractivity contribution in [3.8, 4) is 0 Å². The van der Waals surface area contributed by atoms with Crippen LogP contribution in [0.3, 0.4) is 0 Å². The van der Waals surface area contributed by atoms with Gasteiger partial charge in [-0.3, -0.25) is 19.7 Å². The van der Waals surface area contributed by atoms with E-state index in [9.17, 15) is 24.0 Å². The number of ether oxygens (including phenoxy) is 2. The van der Waals surface area contributed by atoms with E-state index in [1.807, 2.05) is 0 Å². The van der Waals surface area contributed by atoms with E-state index in [0.29, 0.717) is 5.56 Å². The van der Waals surface area contributed by atoms with Gasteiger partial charge in [-0.2, -0.15) is 0 Å². The lowest BCUT2D eigenvalue weighted by Crippen LogP contribution is -2.40. The van der Waals surface area contributed by atoms with Crippen molar-refractivity contribution < 1.29 is 37.9 Å². The first-order valence-electron chi connectivity index (χ1n) is 9.79. The van der Waals surface area contributed by atoms with Crippen LogP contribution in [0.25, 0.3) is 0 Å². The zero-order valence-electron chi connectivity index (χ0n) is 18.1. The smallest absolute Gasteiger partial charge is 0.344 e. The Morgan fingerprint density at radius 2 is 1.69 bits per heavy atom. The third kappa shape index (κ3) is 6.03. The van der Waals surface area contributed by atoms with Gasteiger partial charge in [-0.15, -0.1) is 0 Å². The molecule has 0 aliphatic rings. The van der Waals surface area contributed by atoms with Gasteiger partial charge in [0.2, 0.25) is 5.88 Å². The summed E-state index contributed by atoms with van der Waals surface area (Å²) in [4.78, 5) is 60.6. The number of nitrogens with one attached hydrogen (secondary N) is 2. The molecule has 10 heteroatoms. The van der Waals surface area contributed by atoms with Crippen LogP contribution in [-0.4, -0.2) is 48.8 Å². The van der Waals surface area contributed by atoms with Crippen LogP contribution in [0.5, 0.6) is 0 Å². The van der Waals surface area contributed by atoms with Crippen molar-refractivity contribution in [1.82, 2.24) is 5.32 Å². The van der Waals surface area contributed by atoms with Gasteiger partial charge in [-0.1, -0.05) is 18.2 Å². The molecule has 0 unspecified atom stereocenters. The van der Waals surface area contributed by atoms with Gasteiger partial charge in [0.25, 0.3) is 11.8 Å². The van der Waals surface area contributed by atoms with Crippen LogP contribution < -0.4 is 10.6 Å². The minimum Gasteiger partial charge on any atom is -0.462 e. The number of rotatable bonds is 9. The van der Waals surface area contributed by atoms with Gasteiger partial charge in [0.05, 0.1) is 12.2 Å². The number of aryl methyl sites for hydroxylation is 1. The summed E-state index contributed by atoms with van der Waals surface area (Å²) in [6.07, 6.45) is 0. The average Bonchev–Trinajstić information content (AvgIpc) is 3.08. The van der Waals surface area contributed by atoms with Gasteiger partial charge in [-0.05, 0) is 39.8 Å². The molecule has 2 N–H and O–H groups in total. The fraction of sp³-hybridized carbons (Fsp3) is 0.318. The molecular weight excluding hydrogens is 420 g/mol. The highest BCUT2D eigenvalue weighted by atomic mass is 16.5. The molecular formula is C22H24N2O8. The Hall–Kier alpha value is -3.95. The Kier molecular flexibility index (Phi) is 8.28. The lowest BCUT2D eigenvalue weighted by molar-refractivity contribution is -0.148. The maximum Gasteiger partial charge on any atom is 0.344 e. The van der Waals surface area contributed by atoms with Gasteiger partial charge in [0.1, 0.15) is 17.4 Å². The molecule has 0 aliphatic heterocycles. The summed E-state index contributed by atoms with van der Waals surface area (Å²) in [5, 5.41) is 4.77. The summed E-state index contributed by atoms with van der Waals surface area (Å²) in [6.45, 7) is 5.06. The Labute approximate surface area is 184 Å². The Balaban J connectivity index is 2.00. The predicted molar refractivity (Wildman–Crippen MR) is 112 cm³/mol. The number of furan rings is 1. The number of carbonyl (C=O) groups excluding carboxylic acids is 5.